The fourth-order valence-corrected chi connectivity index (χ4v) is 3.45. The van der Waals surface area contributed by atoms with Crippen molar-refractivity contribution in [3.63, 3.8) is 0 Å². The predicted molar refractivity (Wildman–Crippen MR) is 104 cm³/mol. The summed E-state index contributed by atoms with van der Waals surface area (Å²) in [5, 5.41) is 1.55. The molecule has 25 heavy (non-hydrogen) atoms. The summed E-state index contributed by atoms with van der Waals surface area (Å²) in [6.07, 6.45) is 5.39. The van der Waals surface area contributed by atoms with E-state index < -0.39 is 0 Å². The van der Waals surface area contributed by atoms with Crippen LogP contribution in [0.15, 0.2) is 54.6 Å². The summed E-state index contributed by atoms with van der Waals surface area (Å²) in [6, 6.07) is 17.7. The molecule has 1 saturated carbocycles. The fourth-order valence-electron chi connectivity index (χ4n) is 3.17. The van der Waals surface area contributed by atoms with Crippen molar-refractivity contribution in [2.75, 3.05) is 6.54 Å². The van der Waals surface area contributed by atoms with Crippen LogP contribution in [0.5, 0.6) is 0 Å². The number of nitrogens with zero attached hydrogens (tertiary/aromatic N) is 1. The highest BCUT2D eigenvalue weighted by molar-refractivity contribution is 6.30. The second-order valence-electron chi connectivity index (χ2n) is 6.74. The lowest BCUT2D eigenvalue weighted by molar-refractivity contribution is -0.136. The monoisotopic (exact) mass is 375 g/mol. The van der Waals surface area contributed by atoms with Gasteiger partial charge in [-0.2, -0.15) is 0 Å². The molecule has 2 aliphatic rings. The van der Waals surface area contributed by atoms with E-state index in [9.17, 15) is 4.79 Å². The molecular formula is C21H23Cl2NO. The molecule has 0 spiro atoms. The average molecular weight is 376 g/mol. The third-order valence-electron chi connectivity index (χ3n) is 4.70. The van der Waals surface area contributed by atoms with Gasteiger partial charge in [0.1, 0.15) is 0 Å². The van der Waals surface area contributed by atoms with Gasteiger partial charge < -0.3 is 4.90 Å². The molecule has 1 aliphatic carbocycles. The number of benzene rings is 2. The first-order valence-electron chi connectivity index (χ1n) is 8.89. The van der Waals surface area contributed by atoms with Gasteiger partial charge in [-0.3, -0.25) is 4.79 Å². The van der Waals surface area contributed by atoms with Crippen molar-refractivity contribution in [3.05, 3.63) is 70.2 Å². The topological polar surface area (TPSA) is 20.3 Å². The molecule has 1 atom stereocenters. The molecule has 0 radical (unpaired) electrons. The van der Waals surface area contributed by atoms with E-state index in [4.69, 9.17) is 23.2 Å². The molecule has 4 heteroatoms. The zero-order valence-corrected chi connectivity index (χ0v) is 15.7. The molecule has 0 N–H and O–H groups in total. The Morgan fingerprint density at radius 2 is 1.52 bits per heavy atom. The second kappa shape index (κ2) is 8.73. The summed E-state index contributed by atoms with van der Waals surface area (Å²) in [5.74, 6) is 1.08. The first-order valence-corrected chi connectivity index (χ1v) is 9.64. The Bertz CT molecular complexity index is 683. The number of carbonyl (C=O) groups excluding carboxylic acids is 1. The highest BCUT2D eigenvalue weighted by Crippen LogP contribution is 2.37. The number of hydrogen-bond acceptors (Lipinski definition) is 1. The molecule has 0 bridgehead atoms. The Balaban J connectivity index is 0.000000219. The third kappa shape index (κ3) is 5.49. The van der Waals surface area contributed by atoms with Crippen LogP contribution >= 0.6 is 23.2 Å². The van der Waals surface area contributed by atoms with Crippen molar-refractivity contribution in [3.8, 4) is 0 Å². The fraction of sp³-hybridized carbons (Fsp3) is 0.381. The number of carbonyl (C=O) groups is 1. The van der Waals surface area contributed by atoms with Gasteiger partial charge in [0.05, 0.1) is 6.04 Å². The van der Waals surface area contributed by atoms with E-state index >= 15 is 0 Å². The lowest BCUT2D eigenvalue weighted by atomic mass is 9.94. The van der Waals surface area contributed by atoms with Crippen LogP contribution in [0.4, 0.5) is 0 Å². The number of hydrogen-bond donors (Lipinski definition) is 0. The number of piperidine rings is 1. The summed E-state index contributed by atoms with van der Waals surface area (Å²) in [5.41, 5.74) is 1.23. The van der Waals surface area contributed by atoms with E-state index in [2.05, 4.69) is 17.0 Å². The van der Waals surface area contributed by atoms with E-state index in [1.54, 1.807) is 0 Å². The molecule has 1 amide bonds. The lowest BCUT2D eigenvalue weighted by Gasteiger charge is -2.36. The first kappa shape index (κ1) is 18.3. The third-order valence-corrected chi connectivity index (χ3v) is 5.21. The van der Waals surface area contributed by atoms with Gasteiger partial charge >= 0.3 is 0 Å². The Hall–Kier alpha value is -1.51. The lowest BCUT2D eigenvalue weighted by Crippen LogP contribution is -2.39. The molecule has 0 aromatic heterocycles. The van der Waals surface area contributed by atoms with Gasteiger partial charge in [0.15, 0.2) is 0 Å². The molecular weight excluding hydrogens is 353 g/mol. The molecule has 2 nitrogen and oxygen atoms in total. The van der Waals surface area contributed by atoms with Gasteiger partial charge in [0, 0.05) is 23.0 Å². The van der Waals surface area contributed by atoms with Crippen LogP contribution in [-0.4, -0.2) is 17.4 Å². The van der Waals surface area contributed by atoms with Crippen LogP contribution in [-0.2, 0) is 4.79 Å². The van der Waals surface area contributed by atoms with Gasteiger partial charge in [0.25, 0.3) is 0 Å². The first-order chi connectivity index (χ1) is 12.1. The Labute approximate surface area is 159 Å². The van der Waals surface area contributed by atoms with Crippen molar-refractivity contribution < 1.29 is 4.79 Å². The Morgan fingerprint density at radius 1 is 0.880 bits per heavy atom. The summed E-state index contributed by atoms with van der Waals surface area (Å²) in [6.45, 7) is 0.951. The molecule has 1 heterocycles. The van der Waals surface area contributed by atoms with Crippen molar-refractivity contribution >= 4 is 29.1 Å². The Kier molecular flexibility index (Phi) is 6.39. The summed E-state index contributed by atoms with van der Waals surface area (Å²) < 4.78 is 0. The van der Waals surface area contributed by atoms with Crippen LogP contribution in [0.3, 0.4) is 0 Å². The number of likely N-dealkylation sites (tertiary alicyclic amines) is 1. The maximum absolute atomic E-state index is 12.1. The zero-order valence-electron chi connectivity index (χ0n) is 14.2. The number of rotatable bonds is 3. The summed E-state index contributed by atoms with van der Waals surface area (Å²) in [7, 11) is 0. The molecule has 1 aliphatic heterocycles. The molecule has 0 unspecified atom stereocenters. The summed E-state index contributed by atoms with van der Waals surface area (Å²) >= 11 is 11.5. The van der Waals surface area contributed by atoms with Crippen LogP contribution < -0.4 is 0 Å². The smallest absolute Gasteiger partial charge is 0.223 e. The molecule has 2 fully saturated rings. The number of amides is 1. The quantitative estimate of drug-likeness (QED) is 0.630. The maximum atomic E-state index is 12.1. The normalized spacial score (nSPS) is 20.0. The highest BCUT2D eigenvalue weighted by atomic mass is 35.5. The standard InChI is InChI=1S/C15H18ClNO.C6H5Cl/c16-13-8-6-12(7-9-13)14-2-1-3-15(18)17(14)10-11-4-5-11;7-6-4-2-1-3-5-6/h6-9,11,14H,1-5,10H2;1-5H/t14-;/m0./s1. The van der Waals surface area contributed by atoms with Gasteiger partial charge in [-0.25, -0.2) is 0 Å². The van der Waals surface area contributed by atoms with E-state index in [1.807, 2.05) is 42.5 Å². The van der Waals surface area contributed by atoms with Gasteiger partial charge in [-0.1, -0.05) is 53.5 Å². The minimum absolute atomic E-state index is 0.268. The van der Waals surface area contributed by atoms with Crippen molar-refractivity contribution in [2.24, 2.45) is 5.92 Å². The Morgan fingerprint density at radius 3 is 2.08 bits per heavy atom. The molecule has 4 rings (SSSR count). The van der Waals surface area contributed by atoms with Crippen molar-refractivity contribution in [2.45, 2.75) is 38.1 Å². The molecule has 2 aromatic rings. The average Bonchev–Trinajstić information content (AvgIpc) is 3.43. The van der Waals surface area contributed by atoms with Gasteiger partial charge in [-0.05, 0) is 61.4 Å². The minimum Gasteiger partial charge on any atom is -0.335 e. The van der Waals surface area contributed by atoms with Gasteiger partial charge in [-0.15, -0.1) is 0 Å². The SMILES string of the molecule is Clc1ccccc1.O=C1CCC[C@@H](c2ccc(Cl)cc2)N1CC1CC1. The van der Waals surface area contributed by atoms with Crippen LogP contribution in [0.25, 0.3) is 0 Å². The van der Waals surface area contributed by atoms with Crippen LogP contribution in [0.2, 0.25) is 10.0 Å². The molecule has 2 aromatic carbocycles. The predicted octanol–water partition coefficient (Wildman–Crippen LogP) is 6.14. The van der Waals surface area contributed by atoms with Gasteiger partial charge in [0.2, 0.25) is 5.91 Å². The van der Waals surface area contributed by atoms with Crippen LogP contribution in [0.1, 0.15) is 43.7 Å². The minimum atomic E-state index is 0.268. The van der Waals surface area contributed by atoms with Crippen molar-refractivity contribution in [1.82, 2.24) is 4.90 Å². The molecule has 1 saturated heterocycles. The van der Waals surface area contributed by atoms with Crippen molar-refractivity contribution in [1.29, 1.82) is 0 Å². The van der Waals surface area contributed by atoms with E-state index in [1.165, 1.54) is 18.4 Å². The van der Waals surface area contributed by atoms with E-state index in [0.717, 1.165) is 41.8 Å². The second-order valence-corrected chi connectivity index (χ2v) is 7.62. The summed E-state index contributed by atoms with van der Waals surface area (Å²) in [4.78, 5) is 14.2. The maximum Gasteiger partial charge on any atom is 0.223 e. The van der Waals surface area contributed by atoms with E-state index in [0.29, 0.717) is 5.91 Å². The number of halogens is 2. The molecule has 132 valence electrons. The van der Waals surface area contributed by atoms with E-state index in [-0.39, 0.29) is 6.04 Å². The highest BCUT2D eigenvalue weighted by Gasteiger charge is 2.33. The largest absolute Gasteiger partial charge is 0.335 e. The zero-order chi connectivity index (χ0) is 17.6. The van der Waals surface area contributed by atoms with Crippen LogP contribution in [0, 0.1) is 5.92 Å².